The van der Waals surface area contributed by atoms with Crippen molar-refractivity contribution in [3.63, 3.8) is 0 Å². The Hall–Kier alpha value is -2.60. The highest BCUT2D eigenvalue weighted by Gasteiger charge is 2.26. The van der Waals surface area contributed by atoms with E-state index in [0.29, 0.717) is 12.3 Å². The minimum atomic E-state index is -0.160. The number of benzene rings is 1. The van der Waals surface area contributed by atoms with Gasteiger partial charge in [-0.05, 0) is 51.8 Å². The molecule has 0 bridgehead atoms. The second-order valence-corrected chi connectivity index (χ2v) is 7.65. The van der Waals surface area contributed by atoms with Crippen LogP contribution in [-0.2, 0) is 4.79 Å². The molecule has 1 aliphatic rings. The number of nitrogens with one attached hydrogen (secondary N) is 1. The summed E-state index contributed by atoms with van der Waals surface area (Å²) in [7, 11) is 0. The van der Waals surface area contributed by atoms with Crippen LogP contribution in [-0.4, -0.2) is 48.4 Å². The van der Waals surface area contributed by atoms with E-state index in [9.17, 15) is 9.59 Å². The van der Waals surface area contributed by atoms with Crippen molar-refractivity contribution in [1.29, 1.82) is 0 Å². The van der Waals surface area contributed by atoms with Gasteiger partial charge in [0.25, 0.3) is 5.91 Å². The number of para-hydroxylation sites is 1. The number of amides is 2. The molecule has 28 heavy (non-hydrogen) atoms. The van der Waals surface area contributed by atoms with Crippen molar-refractivity contribution in [2.24, 2.45) is 0 Å². The Morgan fingerprint density at radius 1 is 1.18 bits per heavy atom. The average molecular weight is 383 g/mol. The standard InChI is InChI=1S/C22H29N3O3/c1-16(2)25(19-7-5-4-6-8-19)20(26)15-24-12-9-18(10-13-24)23-22(27)21-17(3)11-14-28-21/h4-8,11,14,16,18H,9-10,12-13,15H2,1-3H3,(H,23,27). The lowest BCUT2D eigenvalue weighted by atomic mass is 10.0. The number of aryl methyl sites for hydroxylation is 1. The van der Waals surface area contributed by atoms with Gasteiger partial charge < -0.3 is 14.6 Å². The number of likely N-dealkylation sites (tertiary alicyclic amines) is 1. The van der Waals surface area contributed by atoms with E-state index in [2.05, 4.69) is 10.2 Å². The van der Waals surface area contributed by atoms with Crippen molar-refractivity contribution in [3.05, 3.63) is 54.0 Å². The van der Waals surface area contributed by atoms with E-state index in [0.717, 1.165) is 37.2 Å². The molecule has 1 saturated heterocycles. The normalized spacial score (nSPS) is 15.6. The Balaban J connectivity index is 1.51. The SMILES string of the molecule is Cc1ccoc1C(=O)NC1CCN(CC(=O)N(c2ccccc2)C(C)C)CC1. The molecule has 0 spiro atoms. The van der Waals surface area contributed by atoms with E-state index in [1.807, 2.05) is 56.0 Å². The van der Waals surface area contributed by atoms with Crippen molar-refractivity contribution < 1.29 is 14.0 Å². The average Bonchev–Trinajstić information content (AvgIpc) is 3.10. The highest BCUT2D eigenvalue weighted by Crippen LogP contribution is 2.18. The molecule has 0 saturated carbocycles. The molecule has 2 aromatic rings. The number of anilines is 1. The quantitative estimate of drug-likeness (QED) is 0.832. The minimum Gasteiger partial charge on any atom is -0.459 e. The molecular formula is C22H29N3O3. The first-order valence-electron chi connectivity index (χ1n) is 9.90. The van der Waals surface area contributed by atoms with E-state index in [4.69, 9.17) is 4.42 Å². The third-order valence-electron chi connectivity index (χ3n) is 5.17. The summed E-state index contributed by atoms with van der Waals surface area (Å²) in [4.78, 5) is 29.2. The van der Waals surface area contributed by atoms with Crippen LogP contribution >= 0.6 is 0 Å². The maximum absolute atomic E-state index is 12.9. The maximum atomic E-state index is 12.9. The summed E-state index contributed by atoms with van der Waals surface area (Å²) in [6, 6.07) is 11.8. The highest BCUT2D eigenvalue weighted by atomic mass is 16.3. The summed E-state index contributed by atoms with van der Waals surface area (Å²) in [5, 5.41) is 3.05. The maximum Gasteiger partial charge on any atom is 0.287 e. The van der Waals surface area contributed by atoms with Gasteiger partial charge in [0, 0.05) is 36.4 Å². The summed E-state index contributed by atoms with van der Waals surface area (Å²) in [6.07, 6.45) is 3.18. The summed E-state index contributed by atoms with van der Waals surface area (Å²) < 4.78 is 5.26. The van der Waals surface area contributed by atoms with Crippen LogP contribution in [0.3, 0.4) is 0 Å². The molecule has 0 atom stereocenters. The Morgan fingerprint density at radius 3 is 2.43 bits per heavy atom. The van der Waals surface area contributed by atoms with E-state index in [-0.39, 0.29) is 23.9 Å². The molecule has 0 radical (unpaired) electrons. The molecule has 1 aromatic heterocycles. The molecule has 2 heterocycles. The van der Waals surface area contributed by atoms with Gasteiger partial charge in [-0.2, -0.15) is 0 Å². The summed E-state index contributed by atoms with van der Waals surface area (Å²) >= 11 is 0. The fraction of sp³-hybridized carbons (Fsp3) is 0.455. The summed E-state index contributed by atoms with van der Waals surface area (Å²) in [6.45, 7) is 7.89. The Kier molecular flexibility index (Phi) is 6.52. The number of carbonyl (C=O) groups is 2. The van der Waals surface area contributed by atoms with Crippen LogP contribution in [0.5, 0.6) is 0 Å². The third-order valence-corrected chi connectivity index (χ3v) is 5.17. The van der Waals surface area contributed by atoms with E-state index < -0.39 is 0 Å². The molecule has 6 nitrogen and oxygen atoms in total. The van der Waals surface area contributed by atoms with Crippen LogP contribution in [0.25, 0.3) is 0 Å². The smallest absolute Gasteiger partial charge is 0.287 e. The predicted molar refractivity (Wildman–Crippen MR) is 109 cm³/mol. The van der Waals surface area contributed by atoms with Gasteiger partial charge in [-0.15, -0.1) is 0 Å². The van der Waals surface area contributed by atoms with Crippen molar-refractivity contribution >= 4 is 17.5 Å². The molecular weight excluding hydrogens is 354 g/mol. The molecule has 150 valence electrons. The fourth-order valence-corrected chi connectivity index (χ4v) is 3.68. The van der Waals surface area contributed by atoms with Crippen LogP contribution in [0.4, 0.5) is 5.69 Å². The van der Waals surface area contributed by atoms with Crippen LogP contribution in [0.2, 0.25) is 0 Å². The third kappa shape index (κ3) is 4.81. The molecule has 2 amide bonds. The van der Waals surface area contributed by atoms with Crippen molar-refractivity contribution in [3.8, 4) is 0 Å². The van der Waals surface area contributed by atoms with Gasteiger partial charge in [-0.3, -0.25) is 14.5 Å². The highest BCUT2D eigenvalue weighted by molar-refractivity contribution is 5.95. The zero-order chi connectivity index (χ0) is 20.1. The molecule has 1 N–H and O–H groups in total. The van der Waals surface area contributed by atoms with Crippen molar-refractivity contribution in [2.45, 2.75) is 45.7 Å². The van der Waals surface area contributed by atoms with Crippen molar-refractivity contribution in [2.75, 3.05) is 24.5 Å². The number of hydrogen-bond donors (Lipinski definition) is 1. The Morgan fingerprint density at radius 2 is 1.86 bits per heavy atom. The molecule has 1 aliphatic heterocycles. The molecule has 0 unspecified atom stereocenters. The first kappa shape index (κ1) is 20.1. The van der Waals surface area contributed by atoms with Crippen LogP contribution in [0, 0.1) is 6.92 Å². The molecule has 3 rings (SSSR count). The first-order valence-corrected chi connectivity index (χ1v) is 9.90. The van der Waals surface area contributed by atoms with E-state index in [1.54, 1.807) is 6.07 Å². The van der Waals surface area contributed by atoms with Crippen LogP contribution < -0.4 is 10.2 Å². The van der Waals surface area contributed by atoms with Gasteiger partial charge in [0.2, 0.25) is 5.91 Å². The number of hydrogen-bond acceptors (Lipinski definition) is 4. The first-order chi connectivity index (χ1) is 13.5. The summed E-state index contributed by atoms with van der Waals surface area (Å²) in [5.74, 6) is 0.329. The zero-order valence-corrected chi connectivity index (χ0v) is 16.9. The largest absolute Gasteiger partial charge is 0.459 e. The van der Waals surface area contributed by atoms with Gasteiger partial charge in [-0.1, -0.05) is 18.2 Å². The predicted octanol–water partition coefficient (Wildman–Crippen LogP) is 3.22. The van der Waals surface area contributed by atoms with Gasteiger partial charge in [-0.25, -0.2) is 0 Å². The molecule has 0 aliphatic carbocycles. The monoisotopic (exact) mass is 383 g/mol. The van der Waals surface area contributed by atoms with Gasteiger partial charge in [0.1, 0.15) is 0 Å². The lowest BCUT2D eigenvalue weighted by Gasteiger charge is -2.34. The Bertz CT molecular complexity index is 792. The lowest BCUT2D eigenvalue weighted by molar-refractivity contribution is -0.120. The molecule has 1 fully saturated rings. The zero-order valence-electron chi connectivity index (χ0n) is 16.9. The number of carbonyl (C=O) groups excluding carboxylic acids is 2. The minimum absolute atomic E-state index is 0.100. The van der Waals surface area contributed by atoms with E-state index in [1.165, 1.54) is 6.26 Å². The molecule has 6 heteroatoms. The second-order valence-electron chi connectivity index (χ2n) is 7.65. The van der Waals surface area contributed by atoms with Gasteiger partial charge >= 0.3 is 0 Å². The summed E-state index contributed by atoms with van der Waals surface area (Å²) in [5.41, 5.74) is 1.77. The number of piperidine rings is 1. The van der Waals surface area contributed by atoms with Gasteiger partial charge in [0.15, 0.2) is 5.76 Å². The topological polar surface area (TPSA) is 65.8 Å². The fourth-order valence-electron chi connectivity index (χ4n) is 3.68. The second kappa shape index (κ2) is 9.06. The van der Waals surface area contributed by atoms with E-state index >= 15 is 0 Å². The number of nitrogens with zero attached hydrogens (tertiary/aromatic N) is 2. The molecule has 1 aromatic carbocycles. The Labute approximate surface area is 166 Å². The number of rotatable bonds is 6. The van der Waals surface area contributed by atoms with Crippen LogP contribution in [0.15, 0.2) is 47.1 Å². The van der Waals surface area contributed by atoms with Crippen LogP contribution in [0.1, 0.15) is 42.8 Å². The number of furan rings is 1. The van der Waals surface area contributed by atoms with Gasteiger partial charge in [0.05, 0.1) is 12.8 Å². The van der Waals surface area contributed by atoms with Crippen molar-refractivity contribution in [1.82, 2.24) is 10.2 Å². The lowest BCUT2D eigenvalue weighted by Crippen LogP contribution is -2.49.